The zero-order valence-electron chi connectivity index (χ0n) is 17.6. The average Bonchev–Trinajstić information content (AvgIpc) is 3.17. The Balaban J connectivity index is 1.27. The van der Waals surface area contributed by atoms with Crippen molar-refractivity contribution < 1.29 is 23.5 Å². The molecule has 7 nitrogen and oxygen atoms in total. The number of furan rings is 1. The quantitative estimate of drug-likeness (QED) is 0.680. The van der Waals surface area contributed by atoms with Crippen molar-refractivity contribution in [2.45, 2.75) is 26.3 Å². The minimum atomic E-state index is -0.0252. The molecule has 2 aliphatic heterocycles. The number of carbonyl (C=O) groups excluding carboxylic acids is 2. The Bertz CT molecular complexity index is 914. The zero-order valence-corrected chi connectivity index (χ0v) is 17.6. The molecule has 0 N–H and O–H groups in total. The number of aryl methyl sites for hydroxylation is 1. The summed E-state index contributed by atoms with van der Waals surface area (Å²) in [4.78, 5) is 29.3. The van der Waals surface area contributed by atoms with E-state index in [4.69, 9.17) is 13.9 Å². The molecule has 30 heavy (non-hydrogen) atoms. The van der Waals surface area contributed by atoms with E-state index in [9.17, 15) is 9.59 Å². The van der Waals surface area contributed by atoms with E-state index in [2.05, 4.69) is 4.90 Å². The third kappa shape index (κ3) is 4.67. The highest BCUT2D eigenvalue weighted by atomic mass is 16.6. The van der Waals surface area contributed by atoms with Crippen LogP contribution in [-0.2, 0) is 11.3 Å². The summed E-state index contributed by atoms with van der Waals surface area (Å²) in [6, 6.07) is 9.21. The number of nitrogens with zero attached hydrogens (tertiary/aromatic N) is 2. The Morgan fingerprint density at radius 1 is 1.07 bits per heavy atom. The van der Waals surface area contributed by atoms with Gasteiger partial charge in [-0.2, -0.15) is 0 Å². The third-order valence-electron chi connectivity index (χ3n) is 5.76. The number of Topliss-reactive ketones (excluding diaryl/α,β-unsaturated/α-hetero) is 1. The molecule has 1 aromatic heterocycles. The van der Waals surface area contributed by atoms with Gasteiger partial charge in [0.25, 0.3) is 0 Å². The van der Waals surface area contributed by atoms with E-state index in [1.165, 1.54) is 0 Å². The Hall–Kier alpha value is -2.80. The lowest BCUT2D eigenvalue weighted by molar-refractivity contribution is -0.132. The van der Waals surface area contributed by atoms with E-state index in [0.717, 1.165) is 37.5 Å². The molecule has 0 saturated carbocycles. The highest BCUT2D eigenvalue weighted by molar-refractivity contribution is 5.98. The topological polar surface area (TPSA) is 72.2 Å². The maximum Gasteiger partial charge on any atom is 0.236 e. The van der Waals surface area contributed by atoms with Crippen molar-refractivity contribution >= 4 is 11.7 Å². The molecule has 0 bridgehead atoms. The number of hydrogen-bond donors (Lipinski definition) is 0. The normalized spacial score (nSPS) is 17.0. The molecule has 0 atom stereocenters. The first-order chi connectivity index (χ1) is 14.5. The second-order valence-electron chi connectivity index (χ2n) is 8.04. The molecule has 1 saturated heterocycles. The summed E-state index contributed by atoms with van der Waals surface area (Å²) < 4.78 is 16.7. The summed E-state index contributed by atoms with van der Waals surface area (Å²) >= 11 is 0. The van der Waals surface area contributed by atoms with E-state index in [1.807, 2.05) is 31.2 Å². The molecule has 1 aromatic carbocycles. The Kier molecular flexibility index (Phi) is 6.08. The van der Waals surface area contributed by atoms with Crippen molar-refractivity contribution in [3.05, 3.63) is 47.4 Å². The van der Waals surface area contributed by atoms with Gasteiger partial charge in [0.1, 0.15) is 24.7 Å². The molecule has 0 spiro atoms. The highest BCUT2D eigenvalue weighted by Gasteiger charge is 2.28. The van der Waals surface area contributed by atoms with Gasteiger partial charge in [0.2, 0.25) is 5.91 Å². The molecule has 0 aliphatic carbocycles. The molecule has 3 heterocycles. The summed E-state index contributed by atoms with van der Waals surface area (Å²) in [5, 5.41) is 0. The summed E-state index contributed by atoms with van der Waals surface area (Å²) in [7, 11) is 1.79. The van der Waals surface area contributed by atoms with Gasteiger partial charge in [0, 0.05) is 18.5 Å². The molecule has 2 aliphatic rings. The van der Waals surface area contributed by atoms with Crippen LogP contribution >= 0.6 is 0 Å². The number of carbonyl (C=O) groups is 2. The lowest BCUT2D eigenvalue weighted by Gasteiger charge is -2.32. The Morgan fingerprint density at radius 2 is 1.80 bits per heavy atom. The standard InChI is InChI=1S/C23H28N2O5/c1-16-3-5-19(30-16)14-24(2)22(26)15-25-9-7-17(8-10-25)23(27)18-4-6-20-21(13-18)29-12-11-28-20/h3-6,13,17H,7-12,14-15H2,1-2H3. The van der Waals surface area contributed by atoms with Gasteiger partial charge in [-0.15, -0.1) is 0 Å². The third-order valence-corrected chi connectivity index (χ3v) is 5.76. The van der Waals surface area contributed by atoms with E-state index in [1.54, 1.807) is 18.0 Å². The number of amides is 1. The van der Waals surface area contributed by atoms with Crippen molar-refractivity contribution in [3.8, 4) is 11.5 Å². The van der Waals surface area contributed by atoms with Gasteiger partial charge in [-0.1, -0.05) is 0 Å². The first-order valence-electron chi connectivity index (χ1n) is 10.4. The van der Waals surface area contributed by atoms with Crippen LogP contribution in [0.15, 0.2) is 34.7 Å². The van der Waals surface area contributed by atoms with E-state index in [0.29, 0.717) is 43.4 Å². The van der Waals surface area contributed by atoms with Crippen molar-refractivity contribution in [2.75, 3.05) is 39.9 Å². The highest BCUT2D eigenvalue weighted by Crippen LogP contribution is 2.32. The number of likely N-dealkylation sites (N-methyl/N-ethyl adjacent to an activating group) is 1. The SMILES string of the molecule is Cc1ccc(CN(C)C(=O)CN2CCC(C(=O)c3ccc4c(c3)OCCO4)CC2)o1. The molecular formula is C23H28N2O5. The minimum Gasteiger partial charge on any atom is -0.486 e. The van der Waals surface area contributed by atoms with Crippen LogP contribution in [0.5, 0.6) is 11.5 Å². The molecule has 2 aromatic rings. The van der Waals surface area contributed by atoms with Gasteiger partial charge in [0.15, 0.2) is 17.3 Å². The minimum absolute atomic E-state index is 0.0252. The molecule has 0 radical (unpaired) electrons. The van der Waals surface area contributed by atoms with Crippen LogP contribution in [0.2, 0.25) is 0 Å². The van der Waals surface area contributed by atoms with Crippen molar-refractivity contribution in [1.29, 1.82) is 0 Å². The zero-order chi connectivity index (χ0) is 21.1. The lowest BCUT2D eigenvalue weighted by Crippen LogP contribution is -2.43. The number of rotatable bonds is 6. The molecule has 1 amide bonds. The first kappa shape index (κ1) is 20.5. The Labute approximate surface area is 176 Å². The number of likely N-dealkylation sites (tertiary alicyclic amines) is 1. The predicted molar refractivity (Wildman–Crippen MR) is 111 cm³/mol. The smallest absolute Gasteiger partial charge is 0.236 e. The van der Waals surface area contributed by atoms with Gasteiger partial charge in [0.05, 0.1) is 13.1 Å². The largest absolute Gasteiger partial charge is 0.486 e. The van der Waals surface area contributed by atoms with Crippen LogP contribution < -0.4 is 9.47 Å². The van der Waals surface area contributed by atoms with E-state index in [-0.39, 0.29) is 17.6 Å². The number of hydrogen-bond acceptors (Lipinski definition) is 6. The van der Waals surface area contributed by atoms with Gasteiger partial charge in [-0.3, -0.25) is 14.5 Å². The number of ketones is 1. The monoisotopic (exact) mass is 412 g/mol. The maximum atomic E-state index is 12.9. The van der Waals surface area contributed by atoms with Gasteiger partial charge >= 0.3 is 0 Å². The molecule has 7 heteroatoms. The Morgan fingerprint density at radius 3 is 2.50 bits per heavy atom. The molecular weight excluding hydrogens is 384 g/mol. The summed E-state index contributed by atoms with van der Waals surface area (Å²) in [5.74, 6) is 3.14. The number of piperidine rings is 1. The van der Waals surface area contributed by atoms with Gasteiger partial charge < -0.3 is 18.8 Å². The fraction of sp³-hybridized carbons (Fsp3) is 0.478. The summed E-state index contributed by atoms with van der Waals surface area (Å²) in [6.07, 6.45) is 1.50. The van der Waals surface area contributed by atoms with Crippen molar-refractivity contribution in [2.24, 2.45) is 5.92 Å². The molecule has 4 rings (SSSR count). The van der Waals surface area contributed by atoms with Crippen LogP contribution in [0.1, 0.15) is 34.7 Å². The number of ether oxygens (including phenoxy) is 2. The van der Waals surface area contributed by atoms with E-state index < -0.39 is 0 Å². The maximum absolute atomic E-state index is 12.9. The van der Waals surface area contributed by atoms with Gasteiger partial charge in [-0.25, -0.2) is 0 Å². The van der Waals surface area contributed by atoms with Crippen LogP contribution in [-0.4, -0.2) is 61.4 Å². The van der Waals surface area contributed by atoms with Crippen molar-refractivity contribution in [3.63, 3.8) is 0 Å². The number of fused-ring (bicyclic) bond motifs is 1. The summed E-state index contributed by atoms with van der Waals surface area (Å²) in [5.41, 5.74) is 0.669. The molecule has 160 valence electrons. The fourth-order valence-electron chi connectivity index (χ4n) is 3.99. The van der Waals surface area contributed by atoms with E-state index >= 15 is 0 Å². The van der Waals surface area contributed by atoms with Crippen LogP contribution in [0.4, 0.5) is 0 Å². The number of benzene rings is 1. The summed E-state index contributed by atoms with van der Waals surface area (Å²) in [6.45, 7) is 5.23. The van der Waals surface area contributed by atoms with Crippen LogP contribution in [0, 0.1) is 12.8 Å². The average molecular weight is 412 g/mol. The fourth-order valence-corrected chi connectivity index (χ4v) is 3.99. The predicted octanol–water partition coefficient (Wildman–Crippen LogP) is 2.91. The van der Waals surface area contributed by atoms with Crippen molar-refractivity contribution in [1.82, 2.24) is 9.80 Å². The molecule has 0 unspecified atom stereocenters. The second kappa shape index (κ2) is 8.92. The van der Waals surface area contributed by atoms with Crippen LogP contribution in [0.25, 0.3) is 0 Å². The van der Waals surface area contributed by atoms with Gasteiger partial charge in [-0.05, 0) is 63.2 Å². The lowest BCUT2D eigenvalue weighted by atomic mass is 9.88. The first-order valence-corrected chi connectivity index (χ1v) is 10.4. The molecule has 1 fully saturated rings. The second-order valence-corrected chi connectivity index (χ2v) is 8.04. The van der Waals surface area contributed by atoms with Crippen LogP contribution in [0.3, 0.4) is 0 Å².